The molecule has 0 aliphatic heterocycles. The smallest absolute Gasteiger partial charge is 0.0582 e. The Kier molecular flexibility index (Phi) is 4.02. The molecule has 0 radical (unpaired) electrons. The van der Waals surface area contributed by atoms with Gasteiger partial charge < -0.3 is 0 Å². The van der Waals surface area contributed by atoms with E-state index in [4.69, 9.17) is 0 Å². The topological polar surface area (TPSA) is 0 Å². The normalized spacial score (nSPS) is 12.2. The van der Waals surface area contributed by atoms with E-state index in [9.17, 15) is 0 Å². The zero-order valence-electron chi connectivity index (χ0n) is 4.18. The fourth-order valence-corrected chi connectivity index (χ4v) is 1.28. The molecule has 0 aromatic carbocycles. The molecular formula is C4H10PS+. The van der Waals surface area contributed by atoms with Gasteiger partial charge in [0.25, 0.3) is 0 Å². The fraction of sp³-hybridized carbons (Fsp3) is 0.750. The summed E-state index contributed by atoms with van der Waals surface area (Å²) in [6, 6.07) is 0. The molecule has 0 N–H and O–H groups in total. The summed E-state index contributed by atoms with van der Waals surface area (Å²) >= 11 is 4.19. The lowest BCUT2D eigenvalue weighted by atomic mass is 10.6. The first-order valence-electron chi connectivity index (χ1n) is 2.02. The number of hydrogen-bond donors (Lipinski definition) is 1. The van der Waals surface area contributed by atoms with Crippen LogP contribution >= 0.6 is 19.0 Å². The summed E-state index contributed by atoms with van der Waals surface area (Å²) in [6.45, 7) is 4.23. The third-order valence-electron chi connectivity index (χ3n) is 0.447. The van der Waals surface area contributed by atoms with E-state index in [-0.39, 0.29) is 6.75 Å². The van der Waals surface area contributed by atoms with Gasteiger partial charge in [0.05, 0.1) is 18.0 Å². The molecule has 0 aromatic rings. The van der Waals surface area contributed by atoms with Crippen LogP contribution in [0.1, 0.15) is 13.3 Å². The first-order chi connectivity index (χ1) is 2.77. The predicted molar refractivity (Wildman–Crippen MR) is 38.2 cm³/mol. The maximum atomic E-state index is 4.19. The van der Waals surface area contributed by atoms with Crippen molar-refractivity contribution in [3.8, 4) is 0 Å². The summed E-state index contributed by atoms with van der Waals surface area (Å²) < 4.78 is 0. The van der Waals surface area contributed by atoms with E-state index in [0.29, 0.717) is 0 Å². The lowest BCUT2D eigenvalue weighted by Gasteiger charge is -1.65. The van der Waals surface area contributed by atoms with Crippen LogP contribution in [0.4, 0.5) is 0 Å². The lowest BCUT2D eigenvalue weighted by Crippen LogP contribution is -1.57. The quantitative estimate of drug-likeness (QED) is 0.399. The highest BCUT2D eigenvalue weighted by atomic mass is 32.7. The molecule has 0 aromatic heterocycles. The number of rotatable bonds is 1. The minimum absolute atomic E-state index is 0.0311. The van der Waals surface area contributed by atoms with Crippen LogP contribution in [0.15, 0.2) is 0 Å². The molecule has 0 aliphatic rings. The Bertz CT molecular complexity index is 54.6. The van der Waals surface area contributed by atoms with Gasteiger partial charge in [-0.1, -0.05) is 6.92 Å². The van der Waals surface area contributed by atoms with Crippen LogP contribution in [-0.4, -0.2) is 12.5 Å². The molecule has 0 rings (SSSR count). The van der Waals surface area contributed by atoms with Gasteiger partial charge in [-0.2, -0.15) is 0 Å². The van der Waals surface area contributed by atoms with Crippen molar-refractivity contribution in [1.82, 2.24) is 0 Å². The molecule has 0 saturated heterocycles. The average Bonchev–Trinajstić information content (AvgIpc) is 1.35. The van der Waals surface area contributed by atoms with Crippen LogP contribution in [0.2, 0.25) is 0 Å². The van der Waals surface area contributed by atoms with E-state index in [1.54, 1.807) is 0 Å². The zero-order chi connectivity index (χ0) is 4.99. The van der Waals surface area contributed by atoms with Crippen LogP contribution in [0, 0.1) is 0 Å². The van der Waals surface area contributed by atoms with Crippen molar-refractivity contribution in [2.24, 2.45) is 0 Å². The molecule has 0 aliphatic carbocycles. The molecule has 1 unspecified atom stereocenters. The average molecular weight is 121 g/mol. The van der Waals surface area contributed by atoms with Crippen LogP contribution in [0.25, 0.3) is 0 Å². The monoisotopic (exact) mass is 121 g/mol. The molecule has 2 heteroatoms. The fourth-order valence-electron chi connectivity index (χ4n) is 0.264. The predicted octanol–water partition coefficient (Wildman–Crippen LogP) is 2.16. The van der Waals surface area contributed by atoms with Crippen molar-refractivity contribution >= 4 is 24.8 Å². The van der Waals surface area contributed by atoms with Gasteiger partial charge in [-0.05, 0) is 0 Å². The van der Waals surface area contributed by atoms with E-state index in [2.05, 4.69) is 31.6 Å². The Balaban J connectivity index is 3.14. The van der Waals surface area contributed by atoms with Gasteiger partial charge in [0.2, 0.25) is 0 Å². The molecule has 0 fully saturated rings. The van der Waals surface area contributed by atoms with E-state index in [0.717, 1.165) is 6.42 Å². The molecule has 0 saturated carbocycles. The number of hydrogen-bond acceptors (Lipinski definition) is 1. The standard InChI is InChI=1S/C4H10PS/c1-3-4-5(2)6/h4,6H,3H2,1-2H3/q+1. The highest BCUT2D eigenvalue weighted by Crippen LogP contribution is 2.20. The van der Waals surface area contributed by atoms with E-state index in [1.807, 2.05) is 0 Å². The Morgan fingerprint density at radius 1 is 1.83 bits per heavy atom. The molecular weight excluding hydrogens is 111 g/mol. The number of thiol groups is 1. The van der Waals surface area contributed by atoms with Gasteiger partial charge in [0.1, 0.15) is 6.66 Å². The summed E-state index contributed by atoms with van der Waals surface area (Å²) in [7, 11) is 0. The first-order valence-corrected chi connectivity index (χ1v) is 5.03. The second-order valence-corrected chi connectivity index (χ2v) is 4.57. The van der Waals surface area contributed by atoms with Crippen LogP contribution in [-0.2, 0) is 0 Å². The van der Waals surface area contributed by atoms with Crippen LogP contribution in [0.5, 0.6) is 0 Å². The summed E-state index contributed by atoms with van der Waals surface area (Å²) in [4.78, 5) is 0. The summed E-state index contributed by atoms with van der Waals surface area (Å²) in [5.74, 6) is 2.22. The molecule has 0 bridgehead atoms. The summed E-state index contributed by atoms with van der Waals surface area (Å²) in [5, 5.41) is 0. The van der Waals surface area contributed by atoms with Crippen molar-refractivity contribution in [3.63, 3.8) is 0 Å². The summed E-state index contributed by atoms with van der Waals surface area (Å²) in [5.41, 5.74) is 0. The van der Waals surface area contributed by atoms with Crippen LogP contribution in [0.3, 0.4) is 0 Å². The third kappa shape index (κ3) is 4.52. The second-order valence-electron chi connectivity index (χ2n) is 1.16. The second kappa shape index (κ2) is 3.70. The molecule has 36 valence electrons. The minimum atomic E-state index is -0.0311. The van der Waals surface area contributed by atoms with Crippen molar-refractivity contribution in [1.29, 1.82) is 0 Å². The molecule has 6 heavy (non-hydrogen) atoms. The molecule has 1 atom stereocenters. The maximum Gasteiger partial charge on any atom is 0.153 e. The van der Waals surface area contributed by atoms with Gasteiger partial charge in [-0.3, -0.25) is 0 Å². The SMILES string of the molecule is CCC=[P+](C)S. The van der Waals surface area contributed by atoms with Gasteiger partial charge in [-0.25, -0.2) is 0 Å². The lowest BCUT2D eigenvalue weighted by molar-refractivity contribution is 1.35. The summed E-state index contributed by atoms with van der Waals surface area (Å²) in [6.07, 6.45) is 1.16. The van der Waals surface area contributed by atoms with E-state index >= 15 is 0 Å². The largest absolute Gasteiger partial charge is 0.153 e. The zero-order valence-corrected chi connectivity index (χ0v) is 5.97. The van der Waals surface area contributed by atoms with Gasteiger partial charge in [0.15, 0.2) is 6.75 Å². The molecule has 0 spiro atoms. The third-order valence-corrected chi connectivity index (χ3v) is 1.83. The van der Waals surface area contributed by atoms with Gasteiger partial charge in [0, 0.05) is 6.42 Å². The Hall–Kier alpha value is 0.520. The highest BCUT2D eigenvalue weighted by Gasteiger charge is 1.83. The van der Waals surface area contributed by atoms with Crippen molar-refractivity contribution < 1.29 is 0 Å². The molecule has 0 nitrogen and oxygen atoms in total. The van der Waals surface area contributed by atoms with Crippen LogP contribution < -0.4 is 0 Å². The maximum absolute atomic E-state index is 4.19. The van der Waals surface area contributed by atoms with Crippen molar-refractivity contribution in [2.75, 3.05) is 6.66 Å². The van der Waals surface area contributed by atoms with E-state index in [1.165, 1.54) is 0 Å². The Morgan fingerprint density at radius 2 is 2.33 bits per heavy atom. The first kappa shape index (κ1) is 6.52. The highest BCUT2D eigenvalue weighted by molar-refractivity contribution is 8.44. The van der Waals surface area contributed by atoms with Crippen molar-refractivity contribution in [2.45, 2.75) is 13.3 Å². The molecule has 0 amide bonds. The Labute approximate surface area is 45.5 Å². The van der Waals surface area contributed by atoms with Crippen molar-refractivity contribution in [3.05, 3.63) is 0 Å². The van der Waals surface area contributed by atoms with Gasteiger partial charge >= 0.3 is 0 Å². The Morgan fingerprint density at radius 3 is 2.33 bits per heavy atom. The van der Waals surface area contributed by atoms with Gasteiger partial charge in [-0.15, -0.1) is 0 Å². The minimum Gasteiger partial charge on any atom is -0.0582 e. The molecule has 0 heterocycles. The van der Waals surface area contributed by atoms with E-state index < -0.39 is 0 Å².